The van der Waals surface area contributed by atoms with Crippen LogP contribution in [0.1, 0.15) is 11.3 Å². The fourth-order valence-electron chi connectivity index (χ4n) is 1.51. The maximum Gasteiger partial charge on any atom is 0.416 e. The predicted octanol–water partition coefficient (Wildman–Crippen LogP) is 3.20. The molecule has 0 spiro atoms. The van der Waals surface area contributed by atoms with Crippen LogP contribution in [-0.4, -0.2) is 9.55 Å². The summed E-state index contributed by atoms with van der Waals surface area (Å²) in [5, 5.41) is 0. The van der Waals surface area contributed by atoms with Crippen LogP contribution in [0.4, 0.5) is 18.9 Å². The van der Waals surface area contributed by atoms with Gasteiger partial charge in [0.2, 0.25) is 0 Å². The predicted molar refractivity (Wildman–Crippen MR) is 65.0 cm³/mol. The lowest BCUT2D eigenvalue weighted by atomic mass is 10.1. The van der Waals surface area contributed by atoms with Gasteiger partial charge in [0.05, 0.1) is 17.6 Å². The molecule has 0 aliphatic heterocycles. The zero-order valence-electron chi connectivity index (χ0n) is 9.40. The normalized spacial score (nSPS) is 11.1. The Bertz CT molecular complexity index is 549. The molecule has 2 N–H and O–H groups in total. The van der Waals surface area contributed by atoms with E-state index in [1.165, 1.54) is 17.0 Å². The number of anilines is 1. The summed E-state index contributed by atoms with van der Waals surface area (Å²) in [6, 6.07) is 3.42. The van der Waals surface area contributed by atoms with E-state index in [9.17, 15) is 13.2 Å². The summed E-state index contributed by atoms with van der Waals surface area (Å²) in [4.78, 5) is 3.96. The molecule has 0 bridgehead atoms. The van der Waals surface area contributed by atoms with E-state index in [4.69, 9.17) is 5.73 Å². The van der Waals surface area contributed by atoms with Crippen molar-refractivity contribution in [3.63, 3.8) is 0 Å². The lowest BCUT2D eigenvalue weighted by Gasteiger charge is -2.10. The Morgan fingerprint density at radius 1 is 1.22 bits per heavy atom. The van der Waals surface area contributed by atoms with E-state index in [0.717, 1.165) is 17.8 Å². The highest BCUT2D eigenvalue weighted by molar-refractivity contribution is 5.85. The van der Waals surface area contributed by atoms with Crippen molar-refractivity contribution in [2.75, 3.05) is 5.73 Å². The average molecular weight is 278 g/mol. The molecule has 0 aliphatic rings. The minimum Gasteiger partial charge on any atom is -0.399 e. The summed E-state index contributed by atoms with van der Waals surface area (Å²) in [5.41, 5.74) is 5.84. The van der Waals surface area contributed by atoms with Crippen LogP contribution in [0.5, 0.6) is 0 Å². The first-order valence-electron chi connectivity index (χ1n) is 4.85. The van der Waals surface area contributed by atoms with Crippen LogP contribution < -0.4 is 5.73 Å². The molecule has 0 saturated heterocycles. The molecule has 2 aromatic rings. The van der Waals surface area contributed by atoms with Gasteiger partial charge in [-0.25, -0.2) is 4.98 Å². The van der Waals surface area contributed by atoms with Gasteiger partial charge in [0.25, 0.3) is 0 Å². The van der Waals surface area contributed by atoms with Crippen molar-refractivity contribution >= 4 is 18.1 Å². The fourth-order valence-corrected chi connectivity index (χ4v) is 1.51. The third kappa shape index (κ3) is 2.95. The highest BCUT2D eigenvalue weighted by atomic mass is 35.5. The van der Waals surface area contributed by atoms with E-state index in [1.807, 2.05) is 0 Å². The number of nitrogen functional groups attached to an aromatic ring is 1. The van der Waals surface area contributed by atoms with Gasteiger partial charge in [-0.2, -0.15) is 13.2 Å². The molecule has 18 heavy (non-hydrogen) atoms. The van der Waals surface area contributed by atoms with E-state index < -0.39 is 11.7 Å². The fraction of sp³-hybridized carbons (Fsp3) is 0.182. The van der Waals surface area contributed by atoms with Crippen LogP contribution in [-0.2, 0) is 6.18 Å². The number of rotatable bonds is 1. The molecule has 1 aromatic heterocycles. The van der Waals surface area contributed by atoms with Gasteiger partial charge < -0.3 is 10.3 Å². The standard InChI is InChI=1S/C11H10F3N3.ClH/c1-7-5-17(6-16-7)10-3-8(11(12,13)14)2-9(15)4-10;/h2-6H,15H2,1H3;1H. The summed E-state index contributed by atoms with van der Waals surface area (Å²) in [6.45, 7) is 1.76. The smallest absolute Gasteiger partial charge is 0.399 e. The zero-order valence-corrected chi connectivity index (χ0v) is 10.2. The quantitative estimate of drug-likeness (QED) is 0.814. The van der Waals surface area contributed by atoms with Crippen LogP contribution in [0.25, 0.3) is 5.69 Å². The second-order valence-electron chi connectivity index (χ2n) is 3.73. The van der Waals surface area contributed by atoms with Gasteiger partial charge in [0.15, 0.2) is 0 Å². The molecule has 0 aliphatic carbocycles. The number of nitrogens with zero attached hydrogens (tertiary/aromatic N) is 2. The van der Waals surface area contributed by atoms with Gasteiger partial charge in [0.1, 0.15) is 0 Å². The molecule has 0 radical (unpaired) electrons. The van der Waals surface area contributed by atoms with E-state index >= 15 is 0 Å². The van der Waals surface area contributed by atoms with Gasteiger partial charge in [-0.1, -0.05) is 0 Å². The molecule has 1 aromatic carbocycles. The van der Waals surface area contributed by atoms with Crippen LogP contribution in [0.3, 0.4) is 0 Å². The number of benzene rings is 1. The maximum absolute atomic E-state index is 12.6. The van der Waals surface area contributed by atoms with Gasteiger partial charge in [-0.05, 0) is 25.1 Å². The number of hydrogen-bond acceptors (Lipinski definition) is 2. The van der Waals surface area contributed by atoms with Crippen molar-refractivity contribution in [2.24, 2.45) is 0 Å². The summed E-state index contributed by atoms with van der Waals surface area (Å²) in [7, 11) is 0. The molecular formula is C11H11ClF3N3. The molecule has 2 rings (SSSR count). The molecule has 1 heterocycles. The molecular weight excluding hydrogens is 267 g/mol. The zero-order chi connectivity index (χ0) is 12.6. The minimum absolute atomic E-state index is 0. The van der Waals surface area contributed by atoms with Gasteiger partial charge in [-0.3, -0.25) is 0 Å². The minimum atomic E-state index is -4.40. The first kappa shape index (κ1) is 14.4. The molecule has 0 unspecified atom stereocenters. The summed E-state index contributed by atoms with van der Waals surface area (Å²) >= 11 is 0. The van der Waals surface area contributed by atoms with E-state index in [-0.39, 0.29) is 18.1 Å². The van der Waals surface area contributed by atoms with Crippen molar-refractivity contribution in [1.29, 1.82) is 0 Å². The molecule has 3 nitrogen and oxygen atoms in total. The molecule has 0 amide bonds. The Morgan fingerprint density at radius 3 is 2.39 bits per heavy atom. The summed E-state index contributed by atoms with van der Waals surface area (Å²) in [6.07, 6.45) is -1.32. The number of alkyl halides is 3. The SMILES string of the molecule is Cc1cn(-c2cc(N)cc(C(F)(F)F)c2)cn1.Cl. The Morgan fingerprint density at radius 2 is 1.89 bits per heavy atom. The molecule has 7 heteroatoms. The van der Waals surface area contributed by atoms with E-state index in [1.54, 1.807) is 13.1 Å². The van der Waals surface area contributed by atoms with Crippen LogP contribution in [0.2, 0.25) is 0 Å². The number of aryl methyl sites for hydroxylation is 1. The highest BCUT2D eigenvalue weighted by Crippen LogP contribution is 2.32. The van der Waals surface area contributed by atoms with Gasteiger partial charge in [0, 0.05) is 17.6 Å². The average Bonchev–Trinajstić information content (AvgIpc) is 2.62. The van der Waals surface area contributed by atoms with Crippen molar-refractivity contribution < 1.29 is 13.2 Å². The second-order valence-corrected chi connectivity index (χ2v) is 3.73. The first-order valence-corrected chi connectivity index (χ1v) is 4.85. The number of hydrogen-bond donors (Lipinski definition) is 1. The van der Waals surface area contributed by atoms with Crippen molar-refractivity contribution in [2.45, 2.75) is 13.1 Å². The van der Waals surface area contributed by atoms with E-state index in [0.29, 0.717) is 5.69 Å². The first-order chi connectivity index (χ1) is 7.86. The largest absolute Gasteiger partial charge is 0.416 e. The summed E-state index contributed by atoms with van der Waals surface area (Å²) < 4.78 is 39.3. The molecule has 0 saturated carbocycles. The Labute approximate surface area is 108 Å². The lowest BCUT2D eigenvalue weighted by molar-refractivity contribution is -0.137. The van der Waals surface area contributed by atoms with E-state index in [2.05, 4.69) is 4.98 Å². The topological polar surface area (TPSA) is 43.8 Å². The Balaban J connectivity index is 0.00000162. The van der Waals surface area contributed by atoms with Crippen LogP contribution >= 0.6 is 12.4 Å². The van der Waals surface area contributed by atoms with Gasteiger partial charge >= 0.3 is 6.18 Å². The summed E-state index contributed by atoms with van der Waals surface area (Å²) in [5.74, 6) is 0. The lowest BCUT2D eigenvalue weighted by Crippen LogP contribution is -2.07. The highest BCUT2D eigenvalue weighted by Gasteiger charge is 2.31. The van der Waals surface area contributed by atoms with Crippen molar-refractivity contribution in [3.8, 4) is 5.69 Å². The molecule has 0 fully saturated rings. The number of nitrogens with two attached hydrogens (primary N) is 1. The van der Waals surface area contributed by atoms with Crippen LogP contribution in [0.15, 0.2) is 30.7 Å². The maximum atomic E-state index is 12.6. The Hall–Kier alpha value is -1.69. The Kier molecular flexibility index (Phi) is 3.91. The number of aromatic nitrogens is 2. The number of halogens is 4. The number of imidazole rings is 1. The van der Waals surface area contributed by atoms with Crippen molar-refractivity contribution in [1.82, 2.24) is 9.55 Å². The second kappa shape index (κ2) is 4.89. The van der Waals surface area contributed by atoms with Crippen LogP contribution in [0, 0.1) is 6.92 Å². The molecule has 0 atom stereocenters. The van der Waals surface area contributed by atoms with Crippen molar-refractivity contribution in [3.05, 3.63) is 42.0 Å². The van der Waals surface area contributed by atoms with Gasteiger partial charge in [-0.15, -0.1) is 12.4 Å². The monoisotopic (exact) mass is 277 g/mol. The third-order valence-electron chi connectivity index (χ3n) is 2.28. The molecule has 98 valence electrons. The third-order valence-corrected chi connectivity index (χ3v) is 2.28.